The second-order valence-electron chi connectivity index (χ2n) is 7.51. The standard InChI is InChI=1S/C29H21FN2S/c30-24-16-14-23(15-17-24)28-21-33-29(31-28)20-13-22-11-18-27(19-12-22)32(25-7-3-1-4-8-25)26-9-5-2-6-10-26/h1-21H. The molecule has 0 aliphatic heterocycles. The average molecular weight is 449 g/mol. The zero-order chi connectivity index (χ0) is 22.5. The highest BCUT2D eigenvalue weighted by molar-refractivity contribution is 7.10. The van der Waals surface area contributed by atoms with Crippen LogP contribution in [0.4, 0.5) is 21.5 Å². The summed E-state index contributed by atoms with van der Waals surface area (Å²) in [6, 6.07) is 35.6. The Hall–Kier alpha value is -4.02. The topological polar surface area (TPSA) is 16.1 Å². The van der Waals surface area contributed by atoms with Crippen LogP contribution in [0.5, 0.6) is 0 Å². The third kappa shape index (κ3) is 4.92. The summed E-state index contributed by atoms with van der Waals surface area (Å²) in [6.07, 6.45) is 4.07. The molecule has 4 aromatic carbocycles. The zero-order valence-electron chi connectivity index (χ0n) is 17.8. The van der Waals surface area contributed by atoms with Crippen molar-refractivity contribution in [3.63, 3.8) is 0 Å². The lowest BCUT2D eigenvalue weighted by Gasteiger charge is -2.25. The summed E-state index contributed by atoms with van der Waals surface area (Å²) in [6.45, 7) is 0. The molecule has 1 heterocycles. The number of thiazole rings is 1. The van der Waals surface area contributed by atoms with Gasteiger partial charge in [-0.25, -0.2) is 9.37 Å². The number of benzene rings is 4. The van der Waals surface area contributed by atoms with Crippen molar-refractivity contribution in [3.8, 4) is 11.3 Å². The van der Waals surface area contributed by atoms with E-state index in [4.69, 9.17) is 0 Å². The molecule has 0 aliphatic carbocycles. The van der Waals surface area contributed by atoms with Gasteiger partial charge in [-0.3, -0.25) is 0 Å². The highest BCUT2D eigenvalue weighted by atomic mass is 32.1. The number of hydrogen-bond acceptors (Lipinski definition) is 3. The minimum Gasteiger partial charge on any atom is -0.311 e. The molecule has 5 aromatic rings. The lowest BCUT2D eigenvalue weighted by molar-refractivity contribution is 0.628. The van der Waals surface area contributed by atoms with E-state index in [-0.39, 0.29) is 5.82 Å². The Kier molecular flexibility index (Phi) is 6.09. The lowest BCUT2D eigenvalue weighted by Crippen LogP contribution is -2.09. The first kappa shape index (κ1) is 20.9. The molecule has 0 saturated heterocycles. The fraction of sp³-hybridized carbons (Fsp3) is 0. The molecule has 0 spiro atoms. The zero-order valence-corrected chi connectivity index (χ0v) is 18.6. The Morgan fingerprint density at radius 3 is 1.82 bits per heavy atom. The molecule has 0 atom stereocenters. The van der Waals surface area contributed by atoms with Crippen LogP contribution in [0.3, 0.4) is 0 Å². The molecule has 160 valence electrons. The maximum absolute atomic E-state index is 13.2. The summed E-state index contributed by atoms with van der Waals surface area (Å²) < 4.78 is 13.2. The second-order valence-corrected chi connectivity index (χ2v) is 8.40. The van der Waals surface area contributed by atoms with Crippen LogP contribution >= 0.6 is 11.3 Å². The van der Waals surface area contributed by atoms with Gasteiger partial charge in [0.2, 0.25) is 0 Å². The van der Waals surface area contributed by atoms with Crippen LogP contribution < -0.4 is 4.90 Å². The molecule has 0 fully saturated rings. The van der Waals surface area contributed by atoms with Gasteiger partial charge < -0.3 is 4.90 Å². The van der Waals surface area contributed by atoms with Crippen molar-refractivity contribution in [3.05, 3.63) is 131 Å². The molecule has 0 bridgehead atoms. The van der Waals surface area contributed by atoms with Crippen molar-refractivity contribution in [1.82, 2.24) is 4.98 Å². The van der Waals surface area contributed by atoms with Gasteiger partial charge in [-0.05, 0) is 72.3 Å². The van der Waals surface area contributed by atoms with Crippen LogP contribution in [0.1, 0.15) is 10.6 Å². The summed E-state index contributed by atoms with van der Waals surface area (Å²) >= 11 is 1.57. The van der Waals surface area contributed by atoms with Gasteiger partial charge in [0.25, 0.3) is 0 Å². The Morgan fingerprint density at radius 1 is 0.636 bits per heavy atom. The minimum atomic E-state index is -0.240. The molecule has 33 heavy (non-hydrogen) atoms. The molecular weight excluding hydrogens is 427 g/mol. The maximum Gasteiger partial charge on any atom is 0.123 e. The third-order valence-corrected chi connectivity index (χ3v) is 6.07. The van der Waals surface area contributed by atoms with Crippen LogP contribution in [-0.2, 0) is 0 Å². The van der Waals surface area contributed by atoms with E-state index in [2.05, 4.69) is 88.8 Å². The molecule has 0 unspecified atom stereocenters. The van der Waals surface area contributed by atoms with Gasteiger partial charge in [0, 0.05) is 28.0 Å². The van der Waals surface area contributed by atoms with Crippen molar-refractivity contribution < 1.29 is 4.39 Å². The third-order valence-electron chi connectivity index (χ3n) is 5.26. The molecule has 4 heteroatoms. The first-order valence-electron chi connectivity index (χ1n) is 10.7. The summed E-state index contributed by atoms with van der Waals surface area (Å²) in [7, 11) is 0. The van der Waals surface area contributed by atoms with E-state index in [1.54, 1.807) is 23.5 Å². The van der Waals surface area contributed by atoms with E-state index in [0.717, 1.165) is 38.9 Å². The van der Waals surface area contributed by atoms with Crippen LogP contribution in [0, 0.1) is 5.82 Å². The fourth-order valence-electron chi connectivity index (χ4n) is 3.62. The van der Waals surface area contributed by atoms with E-state index in [9.17, 15) is 4.39 Å². The fourth-order valence-corrected chi connectivity index (χ4v) is 4.34. The highest BCUT2D eigenvalue weighted by Gasteiger charge is 2.11. The van der Waals surface area contributed by atoms with Gasteiger partial charge >= 0.3 is 0 Å². The van der Waals surface area contributed by atoms with E-state index < -0.39 is 0 Å². The molecule has 0 saturated carbocycles. The van der Waals surface area contributed by atoms with Crippen LogP contribution in [-0.4, -0.2) is 4.98 Å². The monoisotopic (exact) mass is 448 g/mol. The Balaban J connectivity index is 1.37. The smallest absolute Gasteiger partial charge is 0.123 e. The van der Waals surface area contributed by atoms with Gasteiger partial charge in [-0.15, -0.1) is 11.3 Å². The number of anilines is 3. The minimum absolute atomic E-state index is 0.240. The molecule has 0 radical (unpaired) electrons. The van der Waals surface area contributed by atoms with Crippen molar-refractivity contribution in [2.24, 2.45) is 0 Å². The molecule has 0 amide bonds. The number of nitrogens with zero attached hydrogens (tertiary/aromatic N) is 2. The molecule has 2 nitrogen and oxygen atoms in total. The average Bonchev–Trinajstić information content (AvgIpc) is 3.35. The summed E-state index contributed by atoms with van der Waals surface area (Å²) in [4.78, 5) is 6.89. The van der Waals surface area contributed by atoms with Gasteiger partial charge in [0.15, 0.2) is 0 Å². The van der Waals surface area contributed by atoms with Gasteiger partial charge in [-0.1, -0.05) is 54.6 Å². The van der Waals surface area contributed by atoms with Gasteiger partial charge in [-0.2, -0.15) is 0 Å². The largest absolute Gasteiger partial charge is 0.311 e. The van der Waals surface area contributed by atoms with Crippen molar-refractivity contribution in [2.75, 3.05) is 4.90 Å². The van der Waals surface area contributed by atoms with Crippen molar-refractivity contribution in [2.45, 2.75) is 0 Å². The van der Waals surface area contributed by atoms with Crippen LogP contribution in [0.2, 0.25) is 0 Å². The van der Waals surface area contributed by atoms with E-state index in [1.165, 1.54) is 12.1 Å². The Labute approximate surface area is 196 Å². The number of rotatable bonds is 6. The molecule has 1 aromatic heterocycles. The van der Waals surface area contributed by atoms with E-state index >= 15 is 0 Å². The summed E-state index contributed by atoms with van der Waals surface area (Å²) in [5, 5.41) is 2.90. The van der Waals surface area contributed by atoms with Crippen LogP contribution in [0.15, 0.2) is 115 Å². The number of para-hydroxylation sites is 2. The first-order chi connectivity index (χ1) is 16.3. The number of aromatic nitrogens is 1. The van der Waals surface area contributed by atoms with Crippen LogP contribution in [0.25, 0.3) is 23.4 Å². The molecule has 0 aliphatic rings. The summed E-state index contributed by atoms with van der Waals surface area (Å²) in [5.41, 5.74) is 6.19. The Morgan fingerprint density at radius 2 is 1.21 bits per heavy atom. The van der Waals surface area contributed by atoms with Crippen molar-refractivity contribution in [1.29, 1.82) is 0 Å². The Bertz CT molecular complexity index is 1300. The quantitative estimate of drug-likeness (QED) is 0.258. The SMILES string of the molecule is Fc1ccc(-c2csc(C=Cc3ccc(N(c4ccccc4)c4ccccc4)cc3)n2)cc1. The maximum atomic E-state index is 13.2. The molecular formula is C29H21FN2S. The predicted octanol–water partition coefficient (Wildman–Crippen LogP) is 8.59. The summed E-state index contributed by atoms with van der Waals surface area (Å²) in [5.74, 6) is -0.240. The number of halogens is 1. The molecule has 0 N–H and O–H groups in total. The molecule has 5 rings (SSSR count). The second kappa shape index (κ2) is 9.63. The van der Waals surface area contributed by atoms with E-state index in [0.29, 0.717) is 0 Å². The highest BCUT2D eigenvalue weighted by Crippen LogP contribution is 2.34. The lowest BCUT2D eigenvalue weighted by atomic mass is 10.1. The van der Waals surface area contributed by atoms with Gasteiger partial charge in [0.1, 0.15) is 10.8 Å². The normalized spacial score (nSPS) is 11.1. The van der Waals surface area contributed by atoms with E-state index in [1.807, 2.05) is 23.6 Å². The van der Waals surface area contributed by atoms with Gasteiger partial charge in [0.05, 0.1) is 5.69 Å². The van der Waals surface area contributed by atoms with Crippen molar-refractivity contribution >= 4 is 40.6 Å². The number of hydrogen-bond donors (Lipinski definition) is 0. The first-order valence-corrected chi connectivity index (χ1v) is 11.5. The predicted molar refractivity (Wildman–Crippen MR) is 138 cm³/mol.